The molecule has 2 aromatic carbocycles. The molecule has 0 atom stereocenters. The van der Waals surface area contributed by atoms with Gasteiger partial charge in [0.05, 0.1) is 5.70 Å². The van der Waals surface area contributed by atoms with Crippen LogP contribution in [0.25, 0.3) is 6.08 Å². The summed E-state index contributed by atoms with van der Waals surface area (Å²) >= 11 is 0. The quantitative estimate of drug-likeness (QED) is 0.480. The second-order valence-electron chi connectivity index (χ2n) is 5.48. The van der Waals surface area contributed by atoms with E-state index in [1.54, 1.807) is 12.1 Å². The van der Waals surface area contributed by atoms with Crippen LogP contribution in [0.1, 0.15) is 5.56 Å². The number of nitrogen functional groups attached to an aromatic ring is 1. The lowest BCUT2D eigenvalue weighted by Gasteiger charge is -2.17. The molecule has 0 spiro atoms. The first-order valence-electron chi connectivity index (χ1n) is 7.50. The van der Waals surface area contributed by atoms with Crippen molar-refractivity contribution in [3.8, 4) is 0 Å². The Balaban J connectivity index is 1.67. The Hall–Kier alpha value is -3.54. The zero-order valence-electron chi connectivity index (χ0n) is 12.7. The first-order chi connectivity index (χ1) is 11.7. The molecule has 4 rings (SSSR count). The summed E-state index contributed by atoms with van der Waals surface area (Å²) in [6, 6.07) is 15.1. The standard InChI is InChI=1S/C18H15N5O/c19-12-6-8-13(9-7-12)20-17-16(18(24)23-22-17)15-10-5-11-3-1-2-4-14(11)21-15/h1-10,21H,19H2,(H,20,22)(H,23,24). The van der Waals surface area contributed by atoms with E-state index in [1.165, 1.54) is 0 Å². The molecular formula is C18H15N5O. The first-order valence-corrected chi connectivity index (χ1v) is 7.50. The summed E-state index contributed by atoms with van der Waals surface area (Å²) in [5.41, 5.74) is 12.9. The minimum absolute atomic E-state index is 0.250. The normalized spacial score (nSPS) is 18.5. The van der Waals surface area contributed by atoms with Crippen LogP contribution in [0.15, 0.2) is 71.0 Å². The number of hydrazone groups is 1. The van der Waals surface area contributed by atoms with Gasteiger partial charge in [-0.1, -0.05) is 24.3 Å². The zero-order chi connectivity index (χ0) is 16.5. The number of nitrogens with two attached hydrogens (primary N) is 1. The highest BCUT2D eigenvalue weighted by Crippen LogP contribution is 2.27. The van der Waals surface area contributed by atoms with Gasteiger partial charge in [0.2, 0.25) is 0 Å². The number of nitrogens with one attached hydrogen (secondary N) is 3. The SMILES string of the molecule is Nc1ccc(NC2=NNC(=O)C2=C2C=Cc3ccccc3N2)cc1. The summed E-state index contributed by atoms with van der Waals surface area (Å²) in [4.78, 5) is 12.2. The Bertz CT molecular complexity index is 909. The smallest absolute Gasteiger partial charge is 0.277 e. The van der Waals surface area contributed by atoms with E-state index in [0.29, 0.717) is 22.8 Å². The molecule has 0 saturated heterocycles. The van der Waals surface area contributed by atoms with E-state index >= 15 is 0 Å². The van der Waals surface area contributed by atoms with Crippen molar-refractivity contribution in [2.45, 2.75) is 0 Å². The summed E-state index contributed by atoms with van der Waals surface area (Å²) in [5.74, 6) is 0.218. The van der Waals surface area contributed by atoms with Crippen molar-refractivity contribution >= 4 is 34.9 Å². The van der Waals surface area contributed by atoms with Gasteiger partial charge in [-0.3, -0.25) is 4.79 Å². The molecule has 0 aromatic heterocycles. The largest absolute Gasteiger partial charge is 0.399 e. The zero-order valence-corrected chi connectivity index (χ0v) is 12.7. The third-order valence-electron chi connectivity index (χ3n) is 3.84. The molecule has 0 saturated carbocycles. The Morgan fingerprint density at radius 3 is 2.62 bits per heavy atom. The minimum Gasteiger partial charge on any atom is -0.399 e. The summed E-state index contributed by atoms with van der Waals surface area (Å²) in [7, 11) is 0. The van der Waals surface area contributed by atoms with Gasteiger partial charge < -0.3 is 16.4 Å². The first kappa shape index (κ1) is 14.1. The van der Waals surface area contributed by atoms with Crippen molar-refractivity contribution in [3.63, 3.8) is 0 Å². The molecule has 0 aliphatic carbocycles. The van der Waals surface area contributed by atoms with Gasteiger partial charge >= 0.3 is 0 Å². The molecule has 2 aliphatic rings. The maximum absolute atomic E-state index is 12.2. The second-order valence-corrected chi connectivity index (χ2v) is 5.48. The van der Waals surface area contributed by atoms with Crippen LogP contribution in [-0.2, 0) is 4.79 Å². The molecule has 0 unspecified atom stereocenters. The number of hydrogen-bond donors (Lipinski definition) is 4. The number of rotatable bonds is 1. The van der Waals surface area contributed by atoms with Crippen LogP contribution in [0.2, 0.25) is 0 Å². The Morgan fingerprint density at radius 2 is 1.79 bits per heavy atom. The number of carbonyl (C=O) groups is 1. The number of benzene rings is 2. The molecule has 2 heterocycles. The molecule has 0 radical (unpaired) electrons. The van der Waals surface area contributed by atoms with Crippen LogP contribution in [0, 0.1) is 0 Å². The summed E-state index contributed by atoms with van der Waals surface area (Å²) < 4.78 is 0. The fourth-order valence-corrected chi connectivity index (χ4v) is 2.63. The third kappa shape index (κ3) is 2.50. The number of hydrogen-bond acceptors (Lipinski definition) is 5. The van der Waals surface area contributed by atoms with E-state index in [0.717, 1.165) is 16.9 Å². The highest BCUT2D eigenvalue weighted by molar-refractivity contribution is 6.29. The van der Waals surface area contributed by atoms with Crippen molar-refractivity contribution < 1.29 is 4.79 Å². The summed E-state index contributed by atoms with van der Waals surface area (Å²) in [6.45, 7) is 0. The maximum Gasteiger partial charge on any atom is 0.277 e. The van der Waals surface area contributed by atoms with Crippen LogP contribution in [0.4, 0.5) is 17.1 Å². The lowest BCUT2D eigenvalue weighted by molar-refractivity contribution is -0.116. The van der Waals surface area contributed by atoms with E-state index in [4.69, 9.17) is 5.73 Å². The van der Waals surface area contributed by atoms with Gasteiger partial charge in [-0.25, -0.2) is 5.43 Å². The molecule has 6 nitrogen and oxygen atoms in total. The Morgan fingerprint density at radius 1 is 1.00 bits per heavy atom. The average molecular weight is 317 g/mol. The molecule has 1 amide bonds. The maximum atomic E-state index is 12.2. The van der Waals surface area contributed by atoms with Crippen LogP contribution in [0.5, 0.6) is 0 Å². The average Bonchev–Trinajstić information content (AvgIpc) is 2.97. The molecular weight excluding hydrogens is 302 g/mol. The van der Waals surface area contributed by atoms with E-state index < -0.39 is 0 Å². The molecule has 2 aliphatic heterocycles. The number of fused-ring (bicyclic) bond motifs is 1. The number of allylic oxidation sites excluding steroid dienone is 1. The van der Waals surface area contributed by atoms with Gasteiger partial charge in [-0.05, 0) is 42.0 Å². The van der Waals surface area contributed by atoms with Crippen molar-refractivity contribution in [1.82, 2.24) is 5.43 Å². The van der Waals surface area contributed by atoms with E-state index in [1.807, 2.05) is 48.6 Å². The molecule has 0 bridgehead atoms. The molecule has 24 heavy (non-hydrogen) atoms. The van der Waals surface area contributed by atoms with Gasteiger partial charge in [0.25, 0.3) is 5.91 Å². The number of amides is 1. The number of anilines is 3. The lowest BCUT2D eigenvalue weighted by atomic mass is 10.0. The molecule has 0 fully saturated rings. The number of nitrogens with zero attached hydrogens (tertiary/aromatic N) is 1. The molecule has 2 aromatic rings. The number of amidine groups is 1. The summed E-state index contributed by atoms with van der Waals surface area (Å²) in [5, 5.41) is 10.5. The Kier molecular flexibility index (Phi) is 3.28. The highest BCUT2D eigenvalue weighted by atomic mass is 16.2. The molecule has 118 valence electrons. The number of para-hydroxylation sites is 1. The van der Waals surface area contributed by atoms with Crippen molar-refractivity contribution in [2.75, 3.05) is 16.4 Å². The van der Waals surface area contributed by atoms with E-state index in [-0.39, 0.29) is 5.91 Å². The third-order valence-corrected chi connectivity index (χ3v) is 3.84. The topological polar surface area (TPSA) is 91.5 Å². The van der Waals surface area contributed by atoms with Gasteiger partial charge in [-0.15, -0.1) is 0 Å². The van der Waals surface area contributed by atoms with Crippen LogP contribution in [0.3, 0.4) is 0 Å². The summed E-state index contributed by atoms with van der Waals surface area (Å²) in [6.07, 6.45) is 3.85. The monoisotopic (exact) mass is 317 g/mol. The van der Waals surface area contributed by atoms with E-state index in [9.17, 15) is 4.79 Å². The van der Waals surface area contributed by atoms with Crippen molar-refractivity contribution in [1.29, 1.82) is 0 Å². The van der Waals surface area contributed by atoms with Crippen molar-refractivity contribution in [2.24, 2.45) is 5.10 Å². The van der Waals surface area contributed by atoms with Gasteiger partial charge in [0.15, 0.2) is 5.84 Å². The predicted molar refractivity (Wildman–Crippen MR) is 96.2 cm³/mol. The van der Waals surface area contributed by atoms with Crippen LogP contribution in [-0.4, -0.2) is 11.7 Å². The Labute approximate surface area is 138 Å². The minimum atomic E-state index is -0.250. The highest BCUT2D eigenvalue weighted by Gasteiger charge is 2.27. The van der Waals surface area contributed by atoms with Crippen LogP contribution >= 0.6 is 0 Å². The van der Waals surface area contributed by atoms with E-state index in [2.05, 4.69) is 21.2 Å². The van der Waals surface area contributed by atoms with Crippen molar-refractivity contribution in [3.05, 3.63) is 71.4 Å². The fourth-order valence-electron chi connectivity index (χ4n) is 2.63. The lowest BCUT2D eigenvalue weighted by Crippen LogP contribution is -2.22. The van der Waals surface area contributed by atoms with Gasteiger partial charge in [0, 0.05) is 17.1 Å². The van der Waals surface area contributed by atoms with Gasteiger partial charge in [-0.2, -0.15) is 5.10 Å². The van der Waals surface area contributed by atoms with Crippen LogP contribution < -0.4 is 21.8 Å². The van der Waals surface area contributed by atoms with Gasteiger partial charge in [0.1, 0.15) is 5.57 Å². The predicted octanol–water partition coefficient (Wildman–Crippen LogP) is 2.52. The molecule has 6 heteroatoms. The molecule has 5 N–H and O–H groups in total. The number of carbonyl (C=O) groups excluding carboxylic acids is 1. The second kappa shape index (κ2) is 5.58. The fraction of sp³-hybridized carbons (Fsp3) is 0.